The van der Waals surface area contributed by atoms with Crippen molar-refractivity contribution in [2.75, 3.05) is 5.33 Å². The molecule has 28 valence electrons. The van der Waals surface area contributed by atoms with Gasteiger partial charge in [0.25, 0.3) is 0 Å². The Morgan fingerprint density at radius 2 is 1.75 bits per heavy atom. The molecular weight excluding hydrogens is 235 g/mol. The second-order valence-corrected chi connectivity index (χ2v) is 1.39. The summed E-state index contributed by atoms with van der Waals surface area (Å²) in [7, 11) is 0. The van der Waals surface area contributed by atoms with Gasteiger partial charge in [-0.1, -0.05) is 22.9 Å². The molecule has 0 unspecified atom stereocenters. The first kappa shape index (κ1) is 9.41. The molecule has 0 aromatic heterocycles. The number of hydrogen-bond acceptors (Lipinski definition) is 0. The monoisotopic (exact) mass is 240 g/mol. The van der Waals surface area contributed by atoms with Gasteiger partial charge in [-0.15, -0.1) is 0 Å². The summed E-state index contributed by atoms with van der Waals surface area (Å²) >= 11 is 3.15. The summed E-state index contributed by atoms with van der Waals surface area (Å²) < 4.78 is 0. The molecule has 4 heavy (non-hydrogen) atoms. The summed E-state index contributed by atoms with van der Waals surface area (Å²) in [4.78, 5) is 0. The zero-order chi connectivity index (χ0) is 2.71. The van der Waals surface area contributed by atoms with E-state index in [0.717, 1.165) is 5.33 Å². The Bertz CT molecular complexity index is 6.00. The Morgan fingerprint density at radius 3 is 1.75 bits per heavy atom. The molecule has 0 aliphatic heterocycles. The average molecular weight is 240 g/mol. The Labute approximate surface area is 75.5 Å². The molecule has 0 aromatic carbocycles. The van der Waals surface area contributed by atoms with E-state index in [9.17, 15) is 0 Å². The number of rotatable bonds is 0. The molecule has 0 fully saturated rings. The number of alkyl halides is 1. The van der Waals surface area contributed by atoms with E-state index in [2.05, 4.69) is 15.9 Å². The van der Waals surface area contributed by atoms with E-state index in [1.165, 1.54) is 0 Å². The SMILES string of the molecule is CCBr.[Xe]. The molecule has 0 rings (SSSR count). The summed E-state index contributed by atoms with van der Waals surface area (Å²) in [5.74, 6) is 0. The molecule has 0 radical (unpaired) electrons. The maximum absolute atomic E-state index is 3.15. The van der Waals surface area contributed by atoms with Crippen molar-refractivity contribution in [2.24, 2.45) is 0 Å². The van der Waals surface area contributed by atoms with Gasteiger partial charge in [-0.05, 0) is 0 Å². The topological polar surface area (TPSA) is 0 Å². The van der Waals surface area contributed by atoms with Crippen LogP contribution in [0.2, 0.25) is 0 Å². The van der Waals surface area contributed by atoms with Crippen LogP contribution >= 0.6 is 15.9 Å². The fraction of sp³-hybridized carbons (Fsp3) is 1.00. The smallest absolute Gasteiger partial charge is 0.000281 e. The molecule has 0 aliphatic carbocycles. The van der Waals surface area contributed by atoms with Crippen molar-refractivity contribution in [1.29, 1.82) is 0 Å². The van der Waals surface area contributed by atoms with Crippen LogP contribution in [0.5, 0.6) is 0 Å². The third-order valence-corrected chi connectivity index (χ3v) is 0. The molecule has 2 heteroatoms. The van der Waals surface area contributed by atoms with Gasteiger partial charge in [-0.3, -0.25) is 0 Å². The molecule has 0 amide bonds. The van der Waals surface area contributed by atoms with Gasteiger partial charge in [0.1, 0.15) is 0 Å². The average Bonchev–Trinajstić information content (AvgIpc) is 0.918. The zero-order valence-corrected chi connectivity index (χ0v) is 6.04. The molecule has 0 saturated carbocycles. The standard InChI is InChI=1S/C2H5Br.Xe/c1-2-3;/h2H2,1H3;. The minimum absolute atomic E-state index is 0. The largest absolute Gasteiger partial charge is 0.0931 e. The molecule has 0 heterocycles. The first-order chi connectivity index (χ1) is 1.41. The van der Waals surface area contributed by atoms with Crippen LogP contribution < -0.4 is 0 Å². The van der Waals surface area contributed by atoms with E-state index >= 15 is 0 Å². The Balaban J connectivity index is 0. The van der Waals surface area contributed by atoms with Crippen molar-refractivity contribution in [2.45, 2.75) is 6.92 Å². The van der Waals surface area contributed by atoms with Crippen molar-refractivity contribution in [3.63, 3.8) is 0 Å². The van der Waals surface area contributed by atoms with Crippen LogP contribution in [0, 0.1) is 48.9 Å². The van der Waals surface area contributed by atoms with Crippen LogP contribution in [0.3, 0.4) is 0 Å². The molecule has 0 bridgehead atoms. The first-order valence-electron chi connectivity index (χ1n) is 0.974. The van der Waals surface area contributed by atoms with E-state index in [1.807, 2.05) is 6.92 Å². The molecule has 0 saturated heterocycles. The van der Waals surface area contributed by atoms with E-state index < -0.39 is 0 Å². The predicted octanol–water partition coefficient (Wildman–Crippen LogP) is 1.40. The van der Waals surface area contributed by atoms with Crippen molar-refractivity contribution < 1.29 is 48.9 Å². The normalized spacial score (nSPS) is 4.50. The predicted molar refractivity (Wildman–Crippen MR) is 19.5 cm³/mol. The summed E-state index contributed by atoms with van der Waals surface area (Å²) in [6, 6.07) is 0. The second kappa shape index (κ2) is 8.90. The van der Waals surface area contributed by atoms with Crippen LogP contribution in [0.1, 0.15) is 6.92 Å². The van der Waals surface area contributed by atoms with Gasteiger partial charge in [0.15, 0.2) is 0 Å². The van der Waals surface area contributed by atoms with Crippen LogP contribution in [-0.4, -0.2) is 5.33 Å². The van der Waals surface area contributed by atoms with Crippen molar-refractivity contribution >= 4 is 15.9 Å². The van der Waals surface area contributed by atoms with Gasteiger partial charge >= 0.3 is 0 Å². The second-order valence-electron chi connectivity index (χ2n) is 0.267. The molecule has 0 nitrogen and oxygen atoms in total. The Morgan fingerprint density at radius 1 is 1.75 bits per heavy atom. The maximum Gasteiger partial charge on any atom is 0.000281 e. The van der Waals surface area contributed by atoms with Crippen LogP contribution in [0.15, 0.2) is 0 Å². The molecule has 0 aliphatic rings. The molecule has 0 atom stereocenters. The van der Waals surface area contributed by atoms with Gasteiger partial charge in [0.05, 0.1) is 0 Å². The van der Waals surface area contributed by atoms with Crippen LogP contribution in [0.25, 0.3) is 0 Å². The quantitative estimate of drug-likeness (QED) is 0.561. The van der Waals surface area contributed by atoms with E-state index in [0.29, 0.717) is 0 Å². The van der Waals surface area contributed by atoms with Crippen LogP contribution in [-0.2, 0) is 0 Å². The molecule has 0 aromatic rings. The fourth-order valence-corrected chi connectivity index (χ4v) is 0. The summed E-state index contributed by atoms with van der Waals surface area (Å²) in [5, 5.41) is 1.06. The van der Waals surface area contributed by atoms with Gasteiger partial charge in [0, 0.05) is 54.2 Å². The zero-order valence-electron chi connectivity index (χ0n) is 2.44. The third kappa shape index (κ3) is 8.96. The summed E-state index contributed by atoms with van der Waals surface area (Å²) in [6.45, 7) is 2.04. The molecular formula is C2H5BrXe. The molecule has 0 N–H and O–H groups in total. The van der Waals surface area contributed by atoms with Gasteiger partial charge < -0.3 is 0 Å². The first-order valence-corrected chi connectivity index (χ1v) is 2.10. The van der Waals surface area contributed by atoms with E-state index in [-0.39, 0.29) is 48.9 Å². The maximum atomic E-state index is 3.15. The minimum atomic E-state index is 0. The number of halogens is 1. The number of hydrogen-bond donors (Lipinski definition) is 0. The molecule has 0 spiro atoms. The minimum Gasteiger partial charge on any atom is -0.0931 e. The Kier molecular flexibility index (Phi) is 20.9. The van der Waals surface area contributed by atoms with Crippen LogP contribution in [0.4, 0.5) is 0 Å². The van der Waals surface area contributed by atoms with Crippen molar-refractivity contribution in [1.82, 2.24) is 0 Å². The van der Waals surface area contributed by atoms with E-state index in [4.69, 9.17) is 0 Å². The van der Waals surface area contributed by atoms with E-state index in [1.54, 1.807) is 0 Å². The summed E-state index contributed by atoms with van der Waals surface area (Å²) in [5.41, 5.74) is 0. The van der Waals surface area contributed by atoms with Crippen molar-refractivity contribution in [3.05, 3.63) is 0 Å². The van der Waals surface area contributed by atoms with Gasteiger partial charge in [0.2, 0.25) is 0 Å². The van der Waals surface area contributed by atoms with Gasteiger partial charge in [-0.25, -0.2) is 0 Å². The Hall–Kier alpha value is 2.05. The fourth-order valence-electron chi connectivity index (χ4n) is 0. The summed E-state index contributed by atoms with van der Waals surface area (Å²) in [6.07, 6.45) is 0. The van der Waals surface area contributed by atoms with Gasteiger partial charge in [-0.2, -0.15) is 0 Å². The van der Waals surface area contributed by atoms with Crippen molar-refractivity contribution in [3.8, 4) is 0 Å². The third-order valence-electron chi connectivity index (χ3n) is 0.